The van der Waals surface area contributed by atoms with Crippen LogP contribution < -0.4 is 11.1 Å². The number of rotatable bonds is 5. The number of hydrogen-bond donors (Lipinski definition) is 3. The molecule has 1 aromatic heterocycles. The molecule has 1 saturated heterocycles. The van der Waals surface area contributed by atoms with Gasteiger partial charge in [0.25, 0.3) is 0 Å². The molecule has 1 unspecified atom stereocenters. The number of nitrogens with zero attached hydrogens (tertiary/aromatic N) is 2. The Morgan fingerprint density at radius 1 is 1.30 bits per heavy atom. The van der Waals surface area contributed by atoms with Crippen LogP contribution in [0.4, 0.5) is 0 Å². The summed E-state index contributed by atoms with van der Waals surface area (Å²) >= 11 is 1.64. The SMILES string of the molecule is CC(C)(C)CC(=O)N1CCC(O)C1.CC(N)=O.Cc1ncsc1-c1ccc(CNC=O)cc1. The summed E-state index contributed by atoms with van der Waals surface area (Å²) in [4.78, 5) is 38.2. The number of primary amides is 1. The molecule has 9 heteroatoms. The Labute approximate surface area is 200 Å². The van der Waals surface area contributed by atoms with E-state index in [1.54, 1.807) is 16.2 Å². The van der Waals surface area contributed by atoms with Crippen LogP contribution in [-0.2, 0) is 20.9 Å². The van der Waals surface area contributed by atoms with Gasteiger partial charge in [0.05, 0.1) is 22.2 Å². The maximum atomic E-state index is 11.6. The van der Waals surface area contributed by atoms with Crippen molar-refractivity contribution in [1.82, 2.24) is 15.2 Å². The quantitative estimate of drug-likeness (QED) is 0.572. The van der Waals surface area contributed by atoms with E-state index in [1.165, 1.54) is 17.4 Å². The minimum atomic E-state index is -0.333. The number of amides is 3. The predicted octanol–water partition coefficient (Wildman–Crippen LogP) is 2.87. The van der Waals surface area contributed by atoms with E-state index in [-0.39, 0.29) is 23.3 Å². The van der Waals surface area contributed by atoms with E-state index in [4.69, 9.17) is 0 Å². The van der Waals surface area contributed by atoms with E-state index in [9.17, 15) is 19.5 Å². The van der Waals surface area contributed by atoms with Crippen LogP contribution in [0.1, 0.15) is 51.8 Å². The average Bonchev–Trinajstić information content (AvgIpc) is 3.34. The number of thiazole rings is 1. The van der Waals surface area contributed by atoms with Crippen molar-refractivity contribution in [2.45, 2.75) is 60.1 Å². The van der Waals surface area contributed by atoms with Crippen molar-refractivity contribution >= 4 is 29.6 Å². The van der Waals surface area contributed by atoms with Crippen molar-refractivity contribution in [1.29, 1.82) is 0 Å². The first kappa shape index (κ1) is 28.3. The fourth-order valence-electron chi connectivity index (χ4n) is 3.05. The van der Waals surface area contributed by atoms with Gasteiger partial charge in [-0.25, -0.2) is 4.98 Å². The largest absolute Gasteiger partial charge is 0.391 e. The zero-order valence-corrected chi connectivity index (χ0v) is 20.9. The topological polar surface area (TPSA) is 126 Å². The van der Waals surface area contributed by atoms with Crippen LogP contribution in [-0.4, -0.2) is 52.4 Å². The molecule has 182 valence electrons. The molecule has 1 aromatic carbocycles. The Hall–Kier alpha value is -2.78. The summed E-state index contributed by atoms with van der Waals surface area (Å²) in [6, 6.07) is 8.15. The number of aliphatic hydroxyl groups excluding tert-OH is 1. The molecule has 0 bridgehead atoms. The van der Waals surface area contributed by atoms with Crippen LogP contribution in [0, 0.1) is 12.3 Å². The Morgan fingerprint density at radius 2 is 1.91 bits per heavy atom. The van der Waals surface area contributed by atoms with Gasteiger partial charge in [0.2, 0.25) is 18.2 Å². The average molecular weight is 477 g/mol. The van der Waals surface area contributed by atoms with E-state index >= 15 is 0 Å². The monoisotopic (exact) mass is 476 g/mol. The maximum Gasteiger partial charge on any atom is 0.223 e. The first-order chi connectivity index (χ1) is 15.4. The van der Waals surface area contributed by atoms with Crippen LogP contribution in [0.15, 0.2) is 29.8 Å². The van der Waals surface area contributed by atoms with Gasteiger partial charge in [-0.2, -0.15) is 0 Å². The van der Waals surface area contributed by atoms with Gasteiger partial charge in [0, 0.05) is 33.0 Å². The second-order valence-corrected chi connectivity index (χ2v) is 9.95. The number of aliphatic hydroxyl groups is 1. The summed E-state index contributed by atoms with van der Waals surface area (Å²) in [6.45, 7) is 11.3. The minimum absolute atomic E-state index is 0.0463. The van der Waals surface area contributed by atoms with Crippen molar-refractivity contribution in [2.24, 2.45) is 11.1 Å². The maximum absolute atomic E-state index is 11.6. The highest BCUT2D eigenvalue weighted by Crippen LogP contribution is 2.27. The lowest BCUT2D eigenvalue weighted by Gasteiger charge is -2.22. The van der Waals surface area contributed by atoms with Crippen LogP contribution in [0.2, 0.25) is 0 Å². The lowest BCUT2D eigenvalue weighted by atomic mass is 9.92. The standard InChI is InChI=1S/C12H12N2OS.C10H19NO2.C2H5NO/c1-9-12(16-8-14-9)11-4-2-10(3-5-11)6-13-7-15;1-10(2,3)6-9(13)11-5-4-8(12)7-11;1-2(3)4/h2-5,7-8H,6H2,1H3,(H,13,15);8,12H,4-7H2,1-3H3;1H3,(H2,3,4). The summed E-state index contributed by atoms with van der Waals surface area (Å²) in [7, 11) is 0. The molecule has 1 fully saturated rings. The number of hydrogen-bond acceptors (Lipinski definition) is 6. The molecule has 3 rings (SSSR count). The molecular weight excluding hydrogens is 440 g/mol. The van der Waals surface area contributed by atoms with Crippen molar-refractivity contribution in [2.75, 3.05) is 13.1 Å². The van der Waals surface area contributed by atoms with E-state index in [0.29, 0.717) is 25.9 Å². The molecule has 0 aliphatic carbocycles. The number of carbonyl (C=O) groups excluding carboxylic acids is 3. The molecule has 4 N–H and O–H groups in total. The van der Waals surface area contributed by atoms with Gasteiger partial charge in [-0.05, 0) is 29.9 Å². The molecule has 3 amide bonds. The number of carbonyl (C=O) groups is 3. The third-order valence-corrected chi connectivity index (χ3v) is 5.53. The first-order valence-corrected chi connectivity index (χ1v) is 11.7. The highest BCUT2D eigenvalue weighted by atomic mass is 32.1. The van der Waals surface area contributed by atoms with E-state index in [2.05, 4.69) is 48.9 Å². The Morgan fingerprint density at radius 3 is 2.33 bits per heavy atom. The molecular formula is C24H36N4O4S. The number of aryl methyl sites for hydroxylation is 1. The predicted molar refractivity (Wildman–Crippen MR) is 131 cm³/mol. The number of benzene rings is 1. The number of likely N-dealkylation sites (tertiary alicyclic amines) is 1. The van der Waals surface area contributed by atoms with Crippen molar-refractivity contribution in [3.8, 4) is 10.4 Å². The normalized spacial score (nSPS) is 15.0. The van der Waals surface area contributed by atoms with Gasteiger partial charge in [-0.3, -0.25) is 14.4 Å². The molecule has 2 aromatic rings. The van der Waals surface area contributed by atoms with Gasteiger partial charge in [0.15, 0.2) is 0 Å². The molecule has 0 spiro atoms. The van der Waals surface area contributed by atoms with E-state index in [0.717, 1.165) is 24.2 Å². The first-order valence-electron chi connectivity index (χ1n) is 10.8. The highest BCUT2D eigenvalue weighted by Gasteiger charge is 2.27. The smallest absolute Gasteiger partial charge is 0.223 e. The fraction of sp³-hybridized carbons (Fsp3) is 0.500. The molecule has 8 nitrogen and oxygen atoms in total. The second-order valence-electron chi connectivity index (χ2n) is 9.09. The zero-order valence-electron chi connectivity index (χ0n) is 20.1. The van der Waals surface area contributed by atoms with Gasteiger partial charge in [-0.15, -0.1) is 11.3 Å². The van der Waals surface area contributed by atoms with Crippen LogP contribution >= 0.6 is 11.3 Å². The number of β-amino-alcohol motifs (C(OH)–C–C–N with tert-alkyl or cyclic N) is 1. The molecule has 1 aliphatic heterocycles. The Kier molecular flexibility index (Phi) is 11.7. The van der Waals surface area contributed by atoms with Crippen molar-refractivity contribution in [3.63, 3.8) is 0 Å². The van der Waals surface area contributed by atoms with E-state index in [1.807, 2.05) is 24.6 Å². The molecule has 1 atom stereocenters. The Balaban J connectivity index is 0.000000289. The summed E-state index contributed by atoms with van der Waals surface area (Å²) in [5, 5.41) is 11.9. The summed E-state index contributed by atoms with van der Waals surface area (Å²) in [6.07, 6.45) is 1.71. The molecule has 1 aliphatic rings. The van der Waals surface area contributed by atoms with Gasteiger partial charge < -0.3 is 21.1 Å². The second kappa shape index (κ2) is 13.7. The lowest BCUT2D eigenvalue weighted by Crippen LogP contribution is -2.32. The third-order valence-electron chi connectivity index (χ3n) is 4.55. The molecule has 2 heterocycles. The number of nitrogens with two attached hydrogens (primary N) is 1. The van der Waals surface area contributed by atoms with Gasteiger partial charge in [-0.1, -0.05) is 45.0 Å². The highest BCUT2D eigenvalue weighted by molar-refractivity contribution is 7.13. The molecule has 33 heavy (non-hydrogen) atoms. The van der Waals surface area contributed by atoms with Gasteiger partial charge in [0.1, 0.15) is 0 Å². The fourth-order valence-corrected chi connectivity index (χ4v) is 3.86. The van der Waals surface area contributed by atoms with Crippen molar-refractivity contribution < 1.29 is 19.5 Å². The molecule has 0 radical (unpaired) electrons. The van der Waals surface area contributed by atoms with Gasteiger partial charge >= 0.3 is 0 Å². The number of aromatic nitrogens is 1. The summed E-state index contributed by atoms with van der Waals surface area (Å²) in [5.41, 5.74) is 9.70. The van der Waals surface area contributed by atoms with Crippen molar-refractivity contribution in [3.05, 3.63) is 41.0 Å². The summed E-state index contributed by atoms with van der Waals surface area (Å²) in [5.74, 6) is -0.163. The third kappa shape index (κ3) is 11.6. The summed E-state index contributed by atoms with van der Waals surface area (Å²) < 4.78 is 0. The van der Waals surface area contributed by atoms with Crippen LogP contribution in [0.25, 0.3) is 10.4 Å². The minimum Gasteiger partial charge on any atom is -0.391 e. The van der Waals surface area contributed by atoms with Crippen LogP contribution in [0.3, 0.4) is 0 Å². The number of nitrogens with one attached hydrogen (secondary N) is 1. The zero-order chi connectivity index (χ0) is 25.0. The van der Waals surface area contributed by atoms with Crippen LogP contribution in [0.5, 0.6) is 0 Å². The lowest BCUT2D eigenvalue weighted by molar-refractivity contribution is -0.132. The Bertz CT molecular complexity index is 887. The van der Waals surface area contributed by atoms with E-state index < -0.39 is 0 Å². The molecule has 0 saturated carbocycles.